The van der Waals surface area contributed by atoms with Crippen molar-refractivity contribution < 1.29 is 4.79 Å². The molecule has 0 radical (unpaired) electrons. The van der Waals surface area contributed by atoms with Crippen LogP contribution in [0.25, 0.3) is 10.8 Å². The van der Waals surface area contributed by atoms with Crippen molar-refractivity contribution in [3.8, 4) is 0 Å². The van der Waals surface area contributed by atoms with Gasteiger partial charge in [-0.3, -0.25) is 4.79 Å². The van der Waals surface area contributed by atoms with Crippen LogP contribution >= 0.6 is 23.4 Å². The van der Waals surface area contributed by atoms with E-state index < -0.39 is 0 Å². The van der Waals surface area contributed by atoms with E-state index in [1.54, 1.807) is 24.3 Å². The van der Waals surface area contributed by atoms with Crippen LogP contribution in [0.3, 0.4) is 0 Å². The molecule has 0 aliphatic rings. The largest absolute Gasteiger partial charge is 0.325 e. The van der Waals surface area contributed by atoms with Gasteiger partial charge in [0, 0.05) is 23.7 Å². The van der Waals surface area contributed by atoms with E-state index in [0.717, 1.165) is 23.2 Å². The zero-order chi connectivity index (χ0) is 20.9. The van der Waals surface area contributed by atoms with Gasteiger partial charge < -0.3 is 9.88 Å². The molecule has 0 aliphatic carbocycles. The van der Waals surface area contributed by atoms with Crippen LogP contribution in [0.15, 0.2) is 71.9 Å². The van der Waals surface area contributed by atoms with Gasteiger partial charge in [-0.2, -0.15) is 0 Å². The van der Waals surface area contributed by atoms with Crippen LogP contribution in [0.2, 0.25) is 5.02 Å². The van der Waals surface area contributed by atoms with E-state index in [0.29, 0.717) is 11.4 Å². The first kappa shape index (κ1) is 20.4. The minimum atomic E-state index is -0.0939. The molecule has 0 saturated carbocycles. The number of benzene rings is 3. The highest BCUT2D eigenvalue weighted by Gasteiger charge is 2.14. The summed E-state index contributed by atoms with van der Waals surface area (Å²) in [5, 5.41) is 15.4. The Bertz CT molecular complexity index is 1170. The molecule has 7 heteroatoms. The first-order valence-electron chi connectivity index (χ1n) is 9.71. The third-order valence-corrected chi connectivity index (χ3v) is 6.02. The molecular weight excluding hydrogens is 416 g/mol. The van der Waals surface area contributed by atoms with E-state index in [9.17, 15) is 4.79 Å². The Morgan fingerprint density at radius 1 is 1.03 bits per heavy atom. The summed E-state index contributed by atoms with van der Waals surface area (Å²) in [6.45, 7) is 2.81. The van der Waals surface area contributed by atoms with Gasteiger partial charge in [-0.15, -0.1) is 10.2 Å². The lowest BCUT2D eigenvalue weighted by atomic mass is 10.0. The molecule has 5 nitrogen and oxygen atoms in total. The molecule has 0 bridgehead atoms. The van der Waals surface area contributed by atoms with Gasteiger partial charge in [-0.25, -0.2) is 0 Å². The van der Waals surface area contributed by atoms with Crippen LogP contribution in [0.1, 0.15) is 18.3 Å². The van der Waals surface area contributed by atoms with Crippen LogP contribution < -0.4 is 5.32 Å². The third-order valence-electron chi connectivity index (χ3n) is 4.80. The second-order valence-corrected chi connectivity index (χ2v) is 8.18. The normalized spacial score (nSPS) is 11.0. The number of nitrogens with one attached hydrogen (secondary N) is 1. The molecule has 0 unspecified atom stereocenters. The van der Waals surface area contributed by atoms with Crippen molar-refractivity contribution in [2.24, 2.45) is 0 Å². The van der Waals surface area contributed by atoms with Crippen LogP contribution in [0.4, 0.5) is 5.69 Å². The summed E-state index contributed by atoms with van der Waals surface area (Å²) in [5.41, 5.74) is 1.94. The van der Waals surface area contributed by atoms with E-state index in [2.05, 4.69) is 63.4 Å². The van der Waals surface area contributed by atoms with Crippen molar-refractivity contribution in [3.05, 3.63) is 83.1 Å². The molecule has 0 saturated heterocycles. The fourth-order valence-electron chi connectivity index (χ4n) is 3.35. The molecule has 1 amide bonds. The molecule has 0 atom stereocenters. The lowest BCUT2D eigenvalue weighted by Gasteiger charge is -2.09. The summed E-state index contributed by atoms with van der Waals surface area (Å²) >= 11 is 7.27. The highest BCUT2D eigenvalue weighted by Crippen LogP contribution is 2.23. The molecule has 0 fully saturated rings. The monoisotopic (exact) mass is 436 g/mol. The van der Waals surface area contributed by atoms with E-state index >= 15 is 0 Å². The summed E-state index contributed by atoms with van der Waals surface area (Å²) in [6.07, 6.45) is 0.694. The first-order valence-corrected chi connectivity index (χ1v) is 11.1. The Kier molecular flexibility index (Phi) is 6.35. The molecule has 1 heterocycles. The van der Waals surface area contributed by atoms with Gasteiger partial charge in [-0.05, 0) is 47.5 Å². The fourth-order valence-corrected chi connectivity index (χ4v) is 4.30. The average molecular weight is 437 g/mol. The summed E-state index contributed by atoms with van der Waals surface area (Å²) in [7, 11) is 0. The lowest BCUT2D eigenvalue weighted by Crippen LogP contribution is -2.14. The summed E-state index contributed by atoms with van der Waals surface area (Å²) in [5.74, 6) is 1.06. The van der Waals surface area contributed by atoms with Crippen LogP contribution in [-0.4, -0.2) is 26.4 Å². The standard InChI is InChI=1S/C23H21ClN4OS/c1-2-28-21(14-17-8-5-7-16-6-3-4-9-20(16)17)26-27-23(28)30-15-22(29)25-19-12-10-18(24)11-13-19/h3-13H,2,14-15H2,1H3,(H,25,29). The maximum atomic E-state index is 12.3. The number of aromatic nitrogens is 3. The molecule has 0 spiro atoms. The number of halogens is 1. The van der Waals surface area contributed by atoms with Crippen molar-refractivity contribution in [2.45, 2.75) is 25.0 Å². The van der Waals surface area contributed by atoms with Gasteiger partial charge in [0.15, 0.2) is 5.16 Å². The Labute approximate surface area is 184 Å². The summed E-state index contributed by atoms with van der Waals surface area (Å²) in [4.78, 5) is 12.3. The van der Waals surface area contributed by atoms with Gasteiger partial charge in [0.25, 0.3) is 0 Å². The number of anilines is 1. The SMILES string of the molecule is CCn1c(Cc2cccc3ccccc23)nnc1SCC(=O)Nc1ccc(Cl)cc1. The minimum Gasteiger partial charge on any atom is -0.325 e. The van der Waals surface area contributed by atoms with Crippen LogP contribution in [0, 0.1) is 0 Å². The molecule has 4 rings (SSSR count). The van der Waals surface area contributed by atoms with Crippen LogP contribution in [0.5, 0.6) is 0 Å². The Morgan fingerprint density at radius 2 is 1.80 bits per heavy atom. The maximum absolute atomic E-state index is 12.3. The quantitative estimate of drug-likeness (QED) is 0.392. The molecular formula is C23H21ClN4OS. The number of hydrogen-bond acceptors (Lipinski definition) is 4. The maximum Gasteiger partial charge on any atom is 0.234 e. The van der Waals surface area contributed by atoms with Crippen molar-refractivity contribution >= 4 is 45.7 Å². The Morgan fingerprint density at radius 3 is 2.60 bits per heavy atom. The van der Waals surface area contributed by atoms with Gasteiger partial charge in [0.1, 0.15) is 5.82 Å². The lowest BCUT2D eigenvalue weighted by molar-refractivity contribution is -0.113. The second kappa shape index (κ2) is 9.32. The number of thioether (sulfide) groups is 1. The summed E-state index contributed by atoms with van der Waals surface area (Å²) < 4.78 is 2.07. The van der Waals surface area contributed by atoms with Crippen molar-refractivity contribution in [2.75, 3.05) is 11.1 Å². The Balaban J connectivity index is 1.45. The Hall–Kier alpha value is -2.83. The number of carbonyl (C=O) groups is 1. The van der Waals surface area contributed by atoms with Crippen molar-refractivity contribution in [1.29, 1.82) is 0 Å². The molecule has 1 aromatic heterocycles. The predicted molar refractivity (Wildman–Crippen MR) is 123 cm³/mol. The van der Waals surface area contributed by atoms with Gasteiger partial charge >= 0.3 is 0 Å². The topological polar surface area (TPSA) is 59.8 Å². The van der Waals surface area contributed by atoms with E-state index in [-0.39, 0.29) is 11.7 Å². The fraction of sp³-hybridized carbons (Fsp3) is 0.174. The highest BCUT2D eigenvalue weighted by molar-refractivity contribution is 7.99. The number of rotatable bonds is 7. The smallest absolute Gasteiger partial charge is 0.234 e. The molecule has 152 valence electrons. The number of fused-ring (bicyclic) bond motifs is 1. The minimum absolute atomic E-state index is 0.0939. The number of nitrogens with zero attached hydrogens (tertiary/aromatic N) is 3. The molecule has 1 N–H and O–H groups in total. The molecule has 3 aromatic carbocycles. The average Bonchev–Trinajstić information content (AvgIpc) is 3.15. The molecule has 4 aromatic rings. The van der Waals surface area contributed by atoms with E-state index in [1.165, 1.54) is 28.1 Å². The zero-order valence-corrected chi connectivity index (χ0v) is 18.1. The van der Waals surface area contributed by atoms with Crippen molar-refractivity contribution in [1.82, 2.24) is 14.8 Å². The molecule has 30 heavy (non-hydrogen) atoms. The van der Waals surface area contributed by atoms with Gasteiger partial charge in [0.05, 0.1) is 5.75 Å². The van der Waals surface area contributed by atoms with Gasteiger partial charge in [-0.1, -0.05) is 65.8 Å². The third kappa shape index (κ3) is 4.66. The predicted octanol–water partition coefficient (Wildman–Crippen LogP) is 5.43. The number of amides is 1. The number of hydrogen-bond donors (Lipinski definition) is 1. The highest BCUT2D eigenvalue weighted by atomic mass is 35.5. The summed E-state index contributed by atoms with van der Waals surface area (Å²) in [6, 6.07) is 21.7. The van der Waals surface area contributed by atoms with Crippen molar-refractivity contribution in [3.63, 3.8) is 0 Å². The zero-order valence-electron chi connectivity index (χ0n) is 16.5. The first-order chi connectivity index (χ1) is 14.6. The van der Waals surface area contributed by atoms with Crippen LogP contribution in [-0.2, 0) is 17.8 Å². The van der Waals surface area contributed by atoms with Gasteiger partial charge in [0.2, 0.25) is 5.91 Å². The van der Waals surface area contributed by atoms with E-state index in [1.807, 2.05) is 6.07 Å². The second-order valence-electron chi connectivity index (χ2n) is 6.80. The van der Waals surface area contributed by atoms with E-state index in [4.69, 9.17) is 11.6 Å². The number of carbonyl (C=O) groups excluding carboxylic acids is 1. The molecule has 0 aliphatic heterocycles.